The molecule has 2 unspecified atom stereocenters. The van der Waals surface area contributed by atoms with Crippen molar-refractivity contribution in [1.82, 2.24) is 0 Å². The average molecular weight is 318 g/mol. The van der Waals surface area contributed by atoms with Crippen molar-refractivity contribution in [2.45, 2.75) is 24.5 Å². The smallest absolute Gasteiger partial charge is 0.387 e. The van der Waals surface area contributed by atoms with Crippen LogP contribution in [0.5, 0.6) is 0 Å². The van der Waals surface area contributed by atoms with Gasteiger partial charge in [0.2, 0.25) is 0 Å². The lowest BCUT2D eigenvalue weighted by atomic mass is 10.1. The highest BCUT2D eigenvalue weighted by molar-refractivity contribution is 7.32. The number of aliphatic hydroxyl groups excluding tert-OH is 2. The number of carbonyl (C=O) groups is 1. The van der Waals surface area contributed by atoms with E-state index >= 15 is 0 Å². The van der Waals surface area contributed by atoms with Crippen LogP contribution in [0, 0.1) is 0 Å². The first kappa shape index (κ1) is 15.9. The maximum atomic E-state index is 11.1. The van der Waals surface area contributed by atoms with Crippen molar-refractivity contribution >= 4 is 14.2 Å². The molecule has 5 N–H and O–H groups in total. The number of rotatable bonds is 5. The Labute approximate surface area is 120 Å². The van der Waals surface area contributed by atoms with Gasteiger partial charge in [0.05, 0.1) is 0 Å². The molecule has 1 aliphatic rings. The highest BCUT2D eigenvalue weighted by Gasteiger charge is 2.49. The van der Waals surface area contributed by atoms with Gasteiger partial charge in [0.25, 0.3) is 12.1 Å². The zero-order valence-corrected chi connectivity index (χ0v) is 11.7. The summed E-state index contributed by atoms with van der Waals surface area (Å²) < 4.78 is 21.7. The molecule has 0 saturated carbocycles. The van der Waals surface area contributed by atoms with Crippen LogP contribution in [0.15, 0.2) is 24.5 Å². The minimum atomic E-state index is -2.82. The monoisotopic (exact) mass is 318 g/mol. The molecule has 1 fully saturated rings. The summed E-state index contributed by atoms with van der Waals surface area (Å²) in [5.41, 5.74) is 5.38. The van der Waals surface area contributed by atoms with Gasteiger partial charge in [0, 0.05) is 10.6 Å². The van der Waals surface area contributed by atoms with Crippen molar-refractivity contribution in [3.63, 3.8) is 0 Å². The average Bonchev–Trinajstić information content (AvgIpc) is 2.73. The summed E-state index contributed by atoms with van der Waals surface area (Å²) in [7, 11) is -2.82. The molecular weight excluding hydrogens is 303 g/mol. The molecule has 2 heterocycles. The van der Waals surface area contributed by atoms with E-state index in [9.17, 15) is 19.6 Å². The molecular formula is C11H15N2O7P+2. The first-order valence-electron chi connectivity index (χ1n) is 6.01. The summed E-state index contributed by atoms with van der Waals surface area (Å²) in [5.74, 6) is -0.644. The Kier molecular flexibility index (Phi) is 4.94. The first-order valence-corrected chi connectivity index (χ1v) is 7.14. The Morgan fingerprint density at radius 1 is 1.48 bits per heavy atom. The standard InChI is InChI=1S/C11H13N2O7P/c12-10(16)6-2-1-3-13(4-6)11-9(15)8(14)7(20-11)5-19-21(17)18/h1-4,7-9,11,14-15H,5H2,(H-2,12,16,17,18)/p+2/t7-,8?,9+,11-/m1/s1. The SMILES string of the molecule is NC(=O)c1ccc[n+]([C@@H]2O[C@H](CO[P+](=O)O)C(O)[C@@H]2O)c1. The summed E-state index contributed by atoms with van der Waals surface area (Å²) in [4.78, 5) is 19.7. The molecule has 1 aromatic heterocycles. The number of nitrogens with zero attached hydrogens (tertiary/aromatic N) is 1. The number of aliphatic hydroxyl groups is 2. The van der Waals surface area contributed by atoms with Crippen LogP contribution in [-0.2, 0) is 13.8 Å². The van der Waals surface area contributed by atoms with Crippen LogP contribution in [0.1, 0.15) is 16.6 Å². The maximum Gasteiger partial charge on any atom is 0.694 e. The lowest BCUT2D eigenvalue weighted by molar-refractivity contribution is -0.765. The van der Waals surface area contributed by atoms with Crippen LogP contribution in [0.25, 0.3) is 0 Å². The maximum absolute atomic E-state index is 11.1. The van der Waals surface area contributed by atoms with Gasteiger partial charge >= 0.3 is 8.25 Å². The van der Waals surface area contributed by atoms with Gasteiger partial charge in [-0.25, -0.2) is 0 Å². The molecule has 0 bridgehead atoms. The predicted octanol–water partition coefficient (Wildman–Crippen LogP) is -1.64. The number of pyridine rings is 1. The third-order valence-electron chi connectivity index (χ3n) is 3.09. The number of hydrogen-bond donors (Lipinski definition) is 4. The third-order valence-corrected chi connectivity index (χ3v) is 3.46. The van der Waals surface area contributed by atoms with E-state index in [4.69, 9.17) is 15.4 Å². The van der Waals surface area contributed by atoms with Crippen molar-refractivity contribution in [1.29, 1.82) is 0 Å². The summed E-state index contributed by atoms with van der Waals surface area (Å²) >= 11 is 0. The van der Waals surface area contributed by atoms with Crippen molar-refractivity contribution in [2.24, 2.45) is 5.73 Å². The van der Waals surface area contributed by atoms with Gasteiger partial charge < -0.3 is 20.7 Å². The van der Waals surface area contributed by atoms with Crippen LogP contribution in [-0.4, -0.2) is 45.9 Å². The quantitative estimate of drug-likeness (QED) is 0.376. The lowest BCUT2D eigenvalue weighted by Crippen LogP contribution is -2.46. The van der Waals surface area contributed by atoms with Crippen LogP contribution < -0.4 is 10.3 Å². The van der Waals surface area contributed by atoms with Crippen LogP contribution in [0.4, 0.5) is 0 Å². The van der Waals surface area contributed by atoms with E-state index in [1.54, 1.807) is 0 Å². The molecule has 9 nitrogen and oxygen atoms in total. The van der Waals surface area contributed by atoms with E-state index in [0.717, 1.165) is 0 Å². The lowest BCUT2D eigenvalue weighted by Gasteiger charge is -2.09. The molecule has 1 aromatic rings. The van der Waals surface area contributed by atoms with E-state index in [-0.39, 0.29) is 12.2 Å². The van der Waals surface area contributed by atoms with Crippen molar-refractivity contribution < 1.29 is 38.3 Å². The third kappa shape index (κ3) is 3.59. The Balaban J connectivity index is 2.15. The molecule has 21 heavy (non-hydrogen) atoms. The molecule has 1 amide bonds. The number of nitrogens with two attached hydrogens (primary N) is 1. The fourth-order valence-electron chi connectivity index (χ4n) is 2.05. The highest BCUT2D eigenvalue weighted by atomic mass is 31.1. The second-order valence-electron chi connectivity index (χ2n) is 4.48. The minimum Gasteiger partial charge on any atom is -0.387 e. The number of carbonyl (C=O) groups excluding carboxylic acids is 1. The fraction of sp³-hybridized carbons (Fsp3) is 0.455. The molecule has 0 radical (unpaired) electrons. The first-order chi connectivity index (χ1) is 9.90. The zero-order valence-electron chi connectivity index (χ0n) is 10.8. The number of ether oxygens (including phenoxy) is 1. The van der Waals surface area contributed by atoms with Crippen LogP contribution in [0.3, 0.4) is 0 Å². The molecule has 5 atom stereocenters. The molecule has 0 aliphatic carbocycles. The van der Waals surface area contributed by atoms with Crippen LogP contribution in [0.2, 0.25) is 0 Å². The van der Waals surface area contributed by atoms with Gasteiger partial charge in [-0.15, -0.1) is 9.42 Å². The molecule has 0 aromatic carbocycles. The molecule has 114 valence electrons. The highest BCUT2D eigenvalue weighted by Crippen LogP contribution is 2.27. The Morgan fingerprint density at radius 3 is 2.81 bits per heavy atom. The second kappa shape index (κ2) is 6.52. The summed E-state index contributed by atoms with van der Waals surface area (Å²) in [6, 6.07) is 3.03. The second-order valence-corrected chi connectivity index (χ2v) is 5.22. The summed E-state index contributed by atoms with van der Waals surface area (Å²) in [6.07, 6.45) is -1.62. The van der Waals surface area contributed by atoms with E-state index in [2.05, 4.69) is 4.52 Å². The largest absolute Gasteiger partial charge is 0.694 e. The normalized spacial score (nSPS) is 29.4. The number of amides is 1. The van der Waals surface area contributed by atoms with E-state index in [1.807, 2.05) is 0 Å². The number of primary amides is 1. The molecule has 1 aliphatic heterocycles. The van der Waals surface area contributed by atoms with Gasteiger partial charge in [0.15, 0.2) is 18.5 Å². The van der Waals surface area contributed by atoms with Crippen molar-refractivity contribution in [3.8, 4) is 0 Å². The Hall–Kier alpha value is -1.48. The van der Waals surface area contributed by atoms with Gasteiger partial charge in [0.1, 0.15) is 24.4 Å². The van der Waals surface area contributed by atoms with Gasteiger partial charge in [-0.2, -0.15) is 4.57 Å². The summed E-state index contributed by atoms with van der Waals surface area (Å²) in [6.45, 7) is -0.351. The van der Waals surface area contributed by atoms with Crippen molar-refractivity contribution in [2.75, 3.05) is 6.61 Å². The van der Waals surface area contributed by atoms with E-state index in [0.29, 0.717) is 0 Å². The summed E-state index contributed by atoms with van der Waals surface area (Å²) in [5, 5.41) is 19.8. The zero-order chi connectivity index (χ0) is 15.6. The van der Waals surface area contributed by atoms with Crippen LogP contribution >= 0.6 is 8.25 Å². The predicted molar refractivity (Wildman–Crippen MR) is 66.9 cm³/mol. The van der Waals surface area contributed by atoms with E-state index < -0.39 is 38.7 Å². The topological polar surface area (TPSA) is 143 Å². The molecule has 2 rings (SSSR count). The van der Waals surface area contributed by atoms with Crippen molar-refractivity contribution in [3.05, 3.63) is 30.1 Å². The Bertz CT molecular complexity index is 555. The van der Waals surface area contributed by atoms with Gasteiger partial charge in [-0.3, -0.25) is 4.79 Å². The fourth-order valence-corrected chi connectivity index (χ4v) is 2.32. The molecule has 1 saturated heterocycles. The molecule has 0 spiro atoms. The molecule has 10 heteroatoms. The van der Waals surface area contributed by atoms with E-state index in [1.165, 1.54) is 29.1 Å². The Morgan fingerprint density at radius 2 is 2.19 bits per heavy atom. The number of aromatic nitrogens is 1. The minimum absolute atomic E-state index is 0.209. The van der Waals surface area contributed by atoms with Gasteiger partial charge in [-0.05, 0) is 6.07 Å². The number of hydrogen-bond acceptors (Lipinski definition) is 6. The van der Waals surface area contributed by atoms with Gasteiger partial charge in [-0.1, -0.05) is 0 Å².